The summed E-state index contributed by atoms with van der Waals surface area (Å²) >= 11 is 7.21. The number of hydrogen-bond donors (Lipinski definition) is 3. The zero-order valence-corrected chi connectivity index (χ0v) is 28.9. The maximum absolute atomic E-state index is 13.3. The van der Waals surface area contributed by atoms with Crippen LogP contribution in [-0.4, -0.2) is 56.7 Å². The van der Waals surface area contributed by atoms with Gasteiger partial charge in [-0.05, 0) is 68.0 Å². The number of pyridine rings is 2. The van der Waals surface area contributed by atoms with Gasteiger partial charge in [-0.1, -0.05) is 41.9 Å². The largest absolute Gasteiger partial charge is 0.481 e. The number of nitrogens with one attached hydrogen (secondary N) is 2. The van der Waals surface area contributed by atoms with Gasteiger partial charge >= 0.3 is 5.69 Å². The summed E-state index contributed by atoms with van der Waals surface area (Å²) < 4.78 is 13.8. The van der Waals surface area contributed by atoms with Crippen molar-refractivity contribution in [2.24, 2.45) is 14.1 Å². The highest BCUT2D eigenvalue weighted by Gasteiger charge is 2.33. The lowest BCUT2D eigenvalue weighted by molar-refractivity contribution is -0.0304. The van der Waals surface area contributed by atoms with Crippen LogP contribution in [0.2, 0.25) is 5.02 Å². The molecule has 1 fully saturated rings. The molecule has 7 rings (SSSR count). The maximum atomic E-state index is 13.3. The summed E-state index contributed by atoms with van der Waals surface area (Å²) in [6.07, 6.45) is 1.92. The summed E-state index contributed by atoms with van der Waals surface area (Å²) in [5.74, 6) is 0.925. The monoisotopic (exact) mass is 682 g/mol. The van der Waals surface area contributed by atoms with E-state index in [1.165, 1.54) is 11.6 Å². The average molecular weight is 683 g/mol. The summed E-state index contributed by atoms with van der Waals surface area (Å²) in [4.78, 5) is 35.5. The first-order chi connectivity index (χ1) is 23.6. The van der Waals surface area contributed by atoms with Crippen LogP contribution in [0.25, 0.3) is 33.3 Å². The number of fused-ring (bicyclic) bond motifs is 2. The lowest BCUT2D eigenvalue weighted by atomic mass is 9.96. The van der Waals surface area contributed by atoms with E-state index in [-0.39, 0.29) is 12.1 Å². The second-order valence-electron chi connectivity index (χ2n) is 12.9. The van der Waals surface area contributed by atoms with Crippen molar-refractivity contribution in [3.8, 4) is 28.3 Å². The first kappa shape index (κ1) is 33.0. The second kappa shape index (κ2) is 13.1. The summed E-state index contributed by atoms with van der Waals surface area (Å²) in [6, 6.07) is 15.6. The number of halogens is 1. The number of nitrogens with zero attached hydrogens (tertiary/aromatic N) is 4. The Morgan fingerprint density at radius 2 is 1.76 bits per heavy atom. The van der Waals surface area contributed by atoms with E-state index >= 15 is 0 Å². The van der Waals surface area contributed by atoms with Crippen LogP contribution in [-0.2, 0) is 25.3 Å². The molecule has 0 amide bonds. The minimum atomic E-state index is -0.551. The predicted molar refractivity (Wildman–Crippen MR) is 191 cm³/mol. The van der Waals surface area contributed by atoms with Crippen molar-refractivity contribution in [1.29, 1.82) is 0 Å². The number of rotatable bonds is 7. The third-order valence-corrected chi connectivity index (χ3v) is 10.2. The highest BCUT2D eigenvalue weighted by Crippen LogP contribution is 2.43. The van der Waals surface area contributed by atoms with Gasteiger partial charge in [0, 0.05) is 60.9 Å². The van der Waals surface area contributed by atoms with Crippen LogP contribution in [0, 0.1) is 13.8 Å². The van der Waals surface area contributed by atoms with Crippen LogP contribution in [0.1, 0.15) is 41.3 Å². The number of methoxy groups -OCH3 is 1. The van der Waals surface area contributed by atoms with E-state index in [2.05, 4.69) is 21.7 Å². The molecule has 4 heterocycles. The Balaban J connectivity index is 1.25. The third kappa shape index (κ3) is 5.80. The van der Waals surface area contributed by atoms with Crippen molar-refractivity contribution in [2.45, 2.75) is 51.3 Å². The van der Waals surface area contributed by atoms with Crippen molar-refractivity contribution >= 4 is 34.0 Å². The molecule has 2 aliphatic rings. The Morgan fingerprint density at radius 1 is 1.00 bits per heavy atom. The standard InChI is InChI=1S/C37H39ClN6O5/c1-19-16-29-32(36(46)44(4)37(47)43(29)3)34(39-19)41-25-11-7-8-22(20(25)2)23-9-6-10-24(33(23)38)28-17-21-12-13-27(31(21)35(42-28)48-5)40-26-14-15-49-18-30(26)45/h6-11,16-17,26-27,30,40,45H,12-15,18H2,1-5H3,(H,39,41)/t26-,27+,30+/m1/s1. The summed E-state index contributed by atoms with van der Waals surface area (Å²) in [5.41, 5.74) is 7.42. The Bertz CT molecular complexity index is 2230. The van der Waals surface area contributed by atoms with E-state index in [1.54, 1.807) is 20.2 Å². The molecule has 1 aliphatic heterocycles. The van der Waals surface area contributed by atoms with Gasteiger partial charge in [0.2, 0.25) is 5.88 Å². The zero-order valence-electron chi connectivity index (χ0n) is 28.1. The van der Waals surface area contributed by atoms with Gasteiger partial charge in [-0.25, -0.2) is 14.8 Å². The van der Waals surface area contributed by atoms with Crippen molar-refractivity contribution in [1.82, 2.24) is 24.4 Å². The van der Waals surface area contributed by atoms with E-state index in [4.69, 9.17) is 26.1 Å². The van der Waals surface area contributed by atoms with Gasteiger partial charge in [-0.15, -0.1) is 0 Å². The predicted octanol–water partition coefficient (Wildman–Crippen LogP) is 5.11. The van der Waals surface area contributed by atoms with Crippen molar-refractivity contribution < 1.29 is 14.6 Å². The van der Waals surface area contributed by atoms with Gasteiger partial charge in [0.15, 0.2) is 0 Å². The topological polar surface area (TPSA) is 133 Å². The van der Waals surface area contributed by atoms with Crippen LogP contribution < -0.4 is 26.6 Å². The molecule has 3 aromatic heterocycles. The molecule has 2 aromatic carbocycles. The molecule has 0 radical (unpaired) electrons. The summed E-state index contributed by atoms with van der Waals surface area (Å²) in [6.45, 7) is 4.78. The molecule has 12 heteroatoms. The van der Waals surface area contributed by atoms with Crippen LogP contribution in [0.4, 0.5) is 11.5 Å². The molecular weight excluding hydrogens is 644 g/mol. The van der Waals surface area contributed by atoms with Crippen molar-refractivity contribution in [3.63, 3.8) is 0 Å². The lowest BCUT2D eigenvalue weighted by Gasteiger charge is -2.31. The number of hydrogen-bond acceptors (Lipinski definition) is 9. The van der Waals surface area contributed by atoms with Crippen molar-refractivity contribution in [3.05, 3.63) is 96.8 Å². The molecule has 0 bridgehead atoms. The molecule has 11 nitrogen and oxygen atoms in total. The fourth-order valence-electron chi connectivity index (χ4n) is 7.17. The number of aliphatic hydroxyl groups is 1. The van der Waals surface area contributed by atoms with E-state index < -0.39 is 17.4 Å². The normalized spacial score (nSPS) is 18.9. The fraction of sp³-hybridized carbons (Fsp3) is 0.351. The quantitative estimate of drug-likeness (QED) is 0.214. The fourth-order valence-corrected chi connectivity index (χ4v) is 7.50. The average Bonchev–Trinajstić information content (AvgIpc) is 3.50. The van der Waals surface area contributed by atoms with Crippen LogP contribution >= 0.6 is 11.6 Å². The minimum absolute atomic E-state index is 0.0222. The molecule has 1 aliphatic carbocycles. The number of aromatic nitrogens is 4. The summed E-state index contributed by atoms with van der Waals surface area (Å²) in [7, 11) is 4.74. The molecule has 1 saturated heterocycles. The molecule has 0 spiro atoms. The molecule has 49 heavy (non-hydrogen) atoms. The van der Waals surface area contributed by atoms with Gasteiger partial charge in [-0.2, -0.15) is 0 Å². The van der Waals surface area contributed by atoms with E-state index in [0.717, 1.165) is 68.6 Å². The Morgan fingerprint density at radius 3 is 2.53 bits per heavy atom. The van der Waals surface area contributed by atoms with Gasteiger partial charge in [0.05, 0.1) is 36.1 Å². The van der Waals surface area contributed by atoms with Crippen LogP contribution in [0.15, 0.2) is 58.1 Å². The van der Waals surface area contributed by atoms with Crippen LogP contribution in [0.5, 0.6) is 5.88 Å². The van der Waals surface area contributed by atoms with E-state index in [1.807, 2.05) is 50.2 Å². The van der Waals surface area contributed by atoms with Gasteiger partial charge in [-0.3, -0.25) is 13.9 Å². The van der Waals surface area contributed by atoms with Gasteiger partial charge in [0.25, 0.3) is 5.56 Å². The Kier molecular flexibility index (Phi) is 8.78. The molecule has 254 valence electrons. The first-order valence-corrected chi connectivity index (χ1v) is 16.8. The maximum Gasteiger partial charge on any atom is 0.330 e. The zero-order chi connectivity index (χ0) is 34.6. The minimum Gasteiger partial charge on any atom is -0.481 e. The number of aryl methyl sites for hydroxylation is 3. The lowest BCUT2D eigenvalue weighted by Crippen LogP contribution is -2.47. The molecule has 0 saturated carbocycles. The van der Waals surface area contributed by atoms with Gasteiger partial charge in [0.1, 0.15) is 11.2 Å². The highest BCUT2D eigenvalue weighted by molar-refractivity contribution is 6.36. The first-order valence-electron chi connectivity index (χ1n) is 16.4. The molecule has 3 N–H and O–H groups in total. The second-order valence-corrected chi connectivity index (χ2v) is 13.2. The SMILES string of the molecule is COc1nc(-c2cccc(-c3cccc(Nc4nc(C)cc5c4c(=O)n(C)c(=O)n5C)c3C)c2Cl)cc2c1[C@@H](N[C@@H]1CCOC[C@@H]1O)CC2. The number of ether oxygens (including phenoxy) is 2. The number of anilines is 2. The highest BCUT2D eigenvalue weighted by atomic mass is 35.5. The van der Waals surface area contributed by atoms with Crippen molar-refractivity contribution in [2.75, 3.05) is 25.6 Å². The molecule has 3 atom stereocenters. The Labute approximate surface area is 288 Å². The molecule has 0 unspecified atom stereocenters. The molecule has 5 aromatic rings. The summed E-state index contributed by atoms with van der Waals surface area (Å²) in [5, 5.41) is 18.4. The van der Waals surface area contributed by atoms with Gasteiger partial charge < -0.3 is 25.2 Å². The van der Waals surface area contributed by atoms with E-state index in [0.29, 0.717) is 46.5 Å². The molecular formula is C37H39ClN6O5. The van der Waals surface area contributed by atoms with Crippen LogP contribution in [0.3, 0.4) is 0 Å². The number of aliphatic hydroxyl groups excluding tert-OH is 1. The Hall–Kier alpha value is -4.55. The van der Waals surface area contributed by atoms with E-state index in [9.17, 15) is 14.7 Å². The third-order valence-electron chi connectivity index (χ3n) is 9.83. The number of benzene rings is 2. The smallest absolute Gasteiger partial charge is 0.330 e.